The molecule has 1 saturated carbocycles. The van der Waals surface area contributed by atoms with Crippen LogP contribution >= 0.6 is 0 Å². The van der Waals surface area contributed by atoms with Crippen LogP contribution in [0.15, 0.2) is 48.9 Å². The normalized spacial score (nSPS) is 18.0. The van der Waals surface area contributed by atoms with Crippen LogP contribution in [0.3, 0.4) is 0 Å². The van der Waals surface area contributed by atoms with Gasteiger partial charge in [0.1, 0.15) is 0 Å². The number of rotatable bonds is 5. The van der Waals surface area contributed by atoms with Crippen molar-refractivity contribution in [1.82, 2.24) is 24.6 Å². The van der Waals surface area contributed by atoms with Crippen molar-refractivity contribution in [3.8, 4) is 23.1 Å². The monoisotopic (exact) mass is 441 g/mol. The molecule has 2 atom stereocenters. The van der Waals surface area contributed by atoms with E-state index in [1.165, 1.54) is 14.2 Å². The maximum Gasteiger partial charge on any atom is 0.416 e. The van der Waals surface area contributed by atoms with Crippen LogP contribution < -0.4 is 9.47 Å². The smallest absolute Gasteiger partial charge is 0.416 e. The quantitative estimate of drug-likeness (QED) is 0.454. The zero-order valence-corrected chi connectivity index (χ0v) is 17.2. The average molecular weight is 441 g/mol. The topological polar surface area (TPSA) is 74.4 Å². The molecule has 32 heavy (non-hydrogen) atoms. The number of benzene rings is 1. The Kier molecular flexibility index (Phi) is 4.72. The number of methoxy groups -OCH3 is 2. The number of imidazole rings is 1. The Hall–Kier alpha value is -3.69. The summed E-state index contributed by atoms with van der Waals surface area (Å²) in [6, 6.07) is 7.47. The van der Waals surface area contributed by atoms with E-state index >= 15 is 0 Å². The van der Waals surface area contributed by atoms with Gasteiger partial charge in [0.05, 0.1) is 31.0 Å². The summed E-state index contributed by atoms with van der Waals surface area (Å²) in [5.74, 6) is 0.551. The molecule has 10 heteroatoms. The van der Waals surface area contributed by atoms with Gasteiger partial charge in [-0.05, 0) is 42.0 Å². The molecule has 0 N–H and O–H groups in total. The molecule has 1 aromatic carbocycles. The molecule has 0 aliphatic heterocycles. The van der Waals surface area contributed by atoms with E-state index in [2.05, 4.69) is 20.1 Å². The van der Waals surface area contributed by atoms with Crippen LogP contribution in [0.5, 0.6) is 11.9 Å². The van der Waals surface area contributed by atoms with Crippen LogP contribution in [-0.4, -0.2) is 38.8 Å². The molecule has 0 spiro atoms. The van der Waals surface area contributed by atoms with Crippen LogP contribution in [0.4, 0.5) is 13.2 Å². The lowest BCUT2D eigenvalue weighted by atomic mass is 10.0. The number of alkyl halides is 3. The van der Waals surface area contributed by atoms with Gasteiger partial charge in [0.2, 0.25) is 5.88 Å². The predicted octanol–water partition coefficient (Wildman–Crippen LogP) is 4.49. The lowest BCUT2D eigenvalue weighted by Crippen LogP contribution is -2.04. The van der Waals surface area contributed by atoms with Crippen molar-refractivity contribution in [3.63, 3.8) is 0 Å². The molecule has 0 amide bonds. The van der Waals surface area contributed by atoms with Crippen molar-refractivity contribution in [1.29, 1.82) is 0 Å². The third-order valence-electron chi connectivity index (χ3n) is 5.63. The van der Waals surface area contributed by atoms with E-state index in [0.717, 1.165) is 29.7 Å². The van der Waals surface area contributed by atoms with Crippen molar-refractivity contribution in [2.75, 3.05) is 14.2 Å². The van der Waals surface area contributed by atoms with Crippen LogP contribution in [0.1, 0.15) is 34.9 Å². The fourth-order valence-corrected chi connectivity index (χ4v) is 3.95. The molecule has 0 saturated heterocycles. The minimum atomic E-state index is -4.34. The van der Waals surface area contributed by atoms with Crippen molar-refractivity contribution < 1.29 is 22.6 Å². The number of nitrogens with zero attached hydrogens (tertiary/aromatic N) is 5. The standard InChI is InChI=1S/C22H18F3N5O2/c1-31-20-17(11-27-21(28-20)32-2)18-10-16(19-26-7-8-30(19)29-18)15-9-14(15)12-3-5-13(6-4-12)22(23,24)25/h3-8,10-11,14-15H,9H2,1-2H3/t14-,15+/m1/s1. The average Bonchev–Trinajstić information content (AvgIpc) is 3.45. The highest BCUT2D eigenvalue weighted by molar-refractivity contribution is 5.68. The third kappa shape index (κ3) is 3.51. The minimum Gasteiger partial charge on any atom is -0.480 e. The Morgan fingerprint density at radius 3 is 2.50 bits per heavy atom. The Morgan fingerprint density at radius 1 is 1.03 bits per heavy atom. The first-order valence-electron chi connectivity index (χ1n) is 9.86. The first-order valence-corrected chi connectivity index (χ1v) is 9.86. The lowest BCUT2D eigenvalue weighted by Gasteiger charge is -2.11. The van der Waals surface area contributed by atoms with Gasteiger partial charge >= 0.3 is 12.2 Å². The molecule has 7 nitrogen and oxygen atoms in total. The molecule has 1 aliphatic carbocycles. The van der Waals surface area contributed by atoms with Crippen molar-refractivity contribution in [2.24, 2.45) is 0 Å². The summed E-state index contributed by atoms with van der Waals surface area (Å²) in [7, 11) is 2.97. The first-order chi connectivity index (χ1) is 15.4. The van der Waals surface area contributed by atoms with Gasteiger partial charge in [-0.3, -0.25) is 0 Å². The first kappa shape index (κ1) is 20.2. The maximum atomic E-state index is 12.9. The van der Waals surface area contributed by atoms with Crippen molar-refractivity contribution in [3.05, 3.63) is 65.6 Å². The number of hydrogen-bond donors (Lipinski definition) is 0. The number of hydrogen-bond acceptors (Lipinski definition) is 6. The summed E-state index contributed by atoms with van der Waals surface area (Å²) >= 11 is 0. The fraction of sp³-hybridized carbons (Fsp3) is 0.273. The highest BCUT2D eigenvalue weighted by atomic mass is 19.4. The number of fused-ring (bicyclic) bond motifs is 1. The molecule has 3 heterocycles. The second-order valence-electron chi connectivity index (χ2n) is 7.53. The van der Waals surface area contributed by atoms with Crippen molar-refractivity contribution in [2.45, 2.75) is 24.4 Å². The molecular weight excluding hydrogens is 423 g/mol. The van der Waals surface area contributed by atoms with Crippen LogP contribution in [0, 0.1) is 0 Å². The Balaban J connectivity index is 1.52. The summed E-state index contributed by atoms with van der Waals surface area (Å²) in [5.41, 5.74) is 3.09. The van der Waals surface area contributed by atoms with E-state index in [1.807, 2.05) is 6.07 Å². The molecule has 0 bridgehead atoms. The fourth-order valence-electron chi connectivity index (χ4n) is 3.95. The highest BCUT2D eigenvalue weighted by Crippen LogP contribution is 2.56. The van der Waals surface area contributed by atoms with Gasteiger partial charge in [0, 0.05) is 24.2 Å². The molecule has 0 unspecified atom stereocenters. The minimum absolute atomic E-state index is 0.113. The number of halogens is 3. The van der Waals surface area contributed by atoms with E-state index in [4.69, 9.17) is 9.47 Å². The second kappa shape index (κ2) is 7.47. The molecule has 3 aromatic heterocycles. The van der Waals surface area contributed by atoms with Gasteiger partial charge in [0.25, 0.3) is 0 Å². The Morgan fingerprint density at radius 2 is 1.81 bits per heavy atom. The second-order valence-corrected chi connectivity index (χ2v) is 7.53. The van der Waals surface area contributed by atoms with E-state index in [0.29, 0.717) is 22.8 Å². The summed E-state index contributed by atoms with van der Waals surface area (Å²) < 4.78 is 50.8. The maximum absolute atomic E-state index is 12.9. The van der Waals surface area contributed by atoms with E-state index < -0.39 is 11.7 Å². The molecule has 1 fully saturated rings. The Labute approximate surface area is 180 Å². The lowest BCUT2D eigenvalue weighted by molar-refractivity contribution is -0.137. The van der Waals surface area contributed by atoms with Gasteiger partial charge in [-0.25, -0.2) is 14.5 Å². The SMILES string of the molecule is COc1ncc(-c2cc([C@H]3C[C@@H]3c3ccc(C(F)(F)F)cc3)c3nccn3n2)c(OC)n1. The van der Waals surface area contributed by atoms with Gasteiger partial charge in [-0.1, -0.05) is 12.1 Å². The van der Waals surface area contributed by atoms with Gasteiger partial charge in [0.15, 0.2) is 5.65 Å². The molecule has 5 rings (SSSR count). The third-order valence-corrected chi connectivity index (χ3v) is 5.63. The molecule has 164 valence electrons. The largest absolute Gasteiger partial charge is 0.480 e. The number of ether oxygens (including phenoxy) is 2. The summed E-state index contributed by atoms with van der Waals surface area (Å²) in [6.07, 6.45) is 1.46. The van der Waals surface area contributed by atoms with E-state index in [1.54, 1.807) is 35.2 Å². The zero-order valence-electron chi connectivity index (χ0n) is 17.2. The van der Waals surface area contributed by atoms with Gasteiger partial charge in [-0.15, -0.1) is 0 Å². The number of aromatic nitrogens is 5. The van der Waals surface area contributed by atoms with E-state index in [9.17, 15) is 13.2 Å². The van der Waals surface area contributed by atoms with E-state index in [-0.39, 0.29) is 17.8 Å². The van der Waals surface area contributed by atoms with Gasteiger partial charge in [-0.2, -0.15) is 23.3 Å². The zero-order chi connectivity index (χ0) is 22.5. The highest BCUT2D eigenvalue weighted by Gasteiger charge is 2.42. The van der Waals surface area contributed by atoms with Crippen LogP contribution in [0.2, 0.25) is 0 Å². The van der Waals surface area contributed by atoms with Crippen LogP contribution in [-0.2, 0) is 6.18 Å². The van der Waals surface area contributed by atoms with Crippen LogP contribution in [0.25, 0.3) is 16.9 Å². The molecule has 1 aliphatic rings. The van der Waals surface area contributed by atoms with Gasteiger partial charge < -0.3 is 9.47 Å². The molecular formula is C22H18F3N5O2. The summed E-state index contributed by atoms with van der Waals surface area (Å²) in [5, 5.41) is 4.61. The van der Waals surface area contributed by atoms with Crippen molar-refractivity contribution >= 4 is 5.65 Å². The summed E-state index contributed by atoms with van der Waals surface area (Å²) in [6.45, 7) is 0. The predicted molar refractivity (Wildman–Crippen MR) is 109 cm³/mol. The molecule has 4 aromatic rings. The summed E-state index contributed by atoms with van der Waals surface area (Å²) in [4.78, 5) is 12.8. The Bertz CT molecular complexity index is 1290. The molecule has 0 radical (unpaired) electrons.